The number of nitrogens with one attached hydrogen (secondary N) is 1. The molecule has 0 spiro atoms. The molecule has 0 radical (unpaired) electrons. The van der Waals surface area contributed by atoms with Crippen molar-refractivity contribution in [2.45, 2.75) is 32.1 Å². The van der Waals surface area contributed by atoms with Crippen molar-refractivity contribution in [1.82, 2.24) is 9.88 Å². The average Bonchev–Trinajstić information content (AvgIpc) is 2.92. The van der Waals surface area contributed by atoms with Gasteiger partial charge in [-0.25, -0.2) is 0 Å². The van der Waals surface area contributed by atoms with E-state index in [0.717, 1.165) is 23.7 Å². The molecule has 2 amide bonds. The third kappa shape index (κ3) is 4.98. The van der Waals surface area contributed by atoms with Crippen LogP contribution in [0.5, 0.6) is 0 Å². The zero-order valence-electron chi connectivity index (χ0n) is 14.4. The number of rotatable bonds is 2. The van der Waals surface area contributed by atoms with E-state index in [1.165, 1.54) is 19.3 Å². The van der Waals surface area contributed by atoms with E-state index in [4.69, 9.17) is 17.3 Å². The number of fused-ring (bicyclic) bond motifs is 1. The number of nitrogens with two attached hydrogens (primary N) is 1. The summed E-state index contributed by atoms with van der Waals surface area (Å²) in [5.74, 6) is 0.160. The molecule has 3 rings (SSSR count). The summed E-state index contributed by atoms with van der Waals surface area (Å²) >= 11 is 9.12. The molecule has 0 aliphatic heterocycles. The van der Waals surface area contributed by atoms with Crippen LogP contribution in [0.3, 0.4) is 0 Å². The zero-order valence-corrected chi connectivity index (χ0v) is 16.8. The zero-order chi connectivity index (χ0) is 18.6. The highest BCUT2D eigenvalue weighted by molar-refractivity contribution is 9.10. The van der Waals surface area contributed by atoms with E-state index in [1.54, 1.807) is 23.1 Å². The van der Waals surface area contributed by atoms with E-state index < -0.39 is 5.91 Å². The normalized spacial score (nSPS) is 14.7. The number of hydrogen-bond acceptors (Lipinski definition) is 2. The molecule has 0 unspecified atom stereocenters. The minimum absolute atomic E-state index is 0.324. The highest BCUT2D eigenvalue weighted by Crippen LogP contribution is 2.29. The molecule has 5 nitrogen and oxygen atoms in total. The number of benzene rings is 1. The molecule has 1 aliphatic carbocycles. The topological polar surface area (TPSA) is 79.2 Å². The van der Waals surface area contributed by atoms with E-state index in [9.17, 15) is 9.59 Å². The van der Waals surface area contributed by atoms with Gasteiger partial charge in [0.25, 0.3) is 5.91 Å². The van der Waals surface area contributed by atoms with Gasteiger partial charge in [-0.2, -0.15) is 0 Å². The van der Waals surface area contributed by atoms with Crippen molar-refractivity contribution in [3.8, 4) is 0 Å². The van der Waals surface area contributed by atoms with Crippen LogP contribution in [0.4, 0.5) is 0 Å². The maximum atomic E-state index is 11.4. The second kappa shape index (κ2) is 8.72. The first-order valence-electron chi connectivity index (χ1n) is 8.29. The second-order valence-corrected chi connectivity index (χ2v) is 7.67. The lowest BCUT2D eigenvalue weighted by molar-refractivity contribution is -0.133. The van der Waals surface area contributed by atoms with Crippen LogP contribution in [0, 0.1) is 5.92 Å². The smallest absolute Gasteiger partial charge is 0.266 e. The van der Waals surface area contributed by atoms with Crippen LogP contribution in [0.2, 0.25) is 5.02 Å². The molecular weight excluding hydrogens is 406 g/mol. The van der Waals surface area contributed by atoms with Gasteiger partial charge in [0, 0.05) is 35.9 Å². The molecule has 0 atom stereocenters. The van der Waals surface area contributed by atoms with Gasteiger partial charge >= 0.3 is 0 Å². The van der Waals surface area contributed by atoms with Crippen LogP contribution < -0.4 is 5.73 Å². The Morgan fingerprint density at radius 3 is 2.44 bits per heavy atom. The molecule has 136 valence electrons. The van der Waals surface area contributed by atoms with Crippen molar-refractivity contribution in [1.29, 1.82) is 0 Å². The number of nitrogens with zero attached hydrogens (tertiary/aromatic N) is 1. The summed E-state index contributed by atoms with van der Waals surface area (Å²) in [6.45, 7) is 0. The first-order chi connectivity index (χ1) is 11.8. The van der Waals surface area contributed by atoms with Gasteiger partial charge in [-0.3, -0.25) is 9.59 Å². The van der Waals surface area contributed by atoms with Crippen molar-refractivity contribution in [2.75, 3.05) is 14.1 Å². The fraction of sp³-hybridized carbons (Fsp3) is 0.444. The third-order valence-electron chi connectivity index (χ3n) is 4.34. The number of primary amides is 1. The van der Waals surface area contributed by atoms with Gasteiger partial charge in [0.05, 0.1) is 4.47 Å². The first kappa shape index (κ1) is 19.8. The van der Waals surface area contributed by atoms with Gasteiger partial charge in [0.15, 0.2) is 0 Å². The molecule has 7 heteroatoms. The molecular formula is C18H23BrClN3O2. The third-order valence-corrected chi connectivity index (χ3v) is 5.40. The summed E-state index contributed by atoms with van der Waals surface area (Å²) in [7, 11) is 3.69. The fourth-order valence-electron chi connectivity index (χ4n) is 3.02. The van der Waals surface area contributed by atoms with Crippen LogP contribution in [-0.2, 0) is 4.79 Å². The Balaban J connectivity index is 0.000000186. The van der Waals surface area contributed by atoms with Gasteiger partial charge in [-0.15, -0.1) is 0 Å². The van der Waals surface area contributed by atoms with Crippen LogP contribution in [0.1, 0.15) is 42.6 Å². The molecule has 1 aromatic carbocycles. The standard InChI is InChI=1S/C9H6BrClN2O.C9H17NO/c10-7-5-3-4(11)1-2-6(5)13-8(7)9(12)14;1-10(2)9(11)8-6-4-3-5-7-8/h1-3,13H,(H2,12,14);8H,3-7H2,1-2H3. The van der Waals surface area contributed by atoms with Gasteiger partial charge in [0.1, 0.15) is 5.69 Å². The Kier molecular flexibility index (Phi) is 6.90. The van der Waals surface area contributed by atoms with Crippen LogP contribution >= 0.6 is 27.5 Å². The number of aromatic amines is 1. The predicted molar refractivity (Wildman–Crippen MR) is 105 cm³/mol. The lowest BCUT2D eigenvalue weighted by Gasteiger charge is -2.23. The average molecular weight is 429 g/mol. The maximum absolute atomic E-state index is 11.4. The molecule has 1 heterocycles. The molecule has 1 saturated carbocycles. The highest BCUT2D eigenvalue weighted by Gasteiger charge is 2.21. The van der Waals surface area contributed by atoms with Gasteiger partial charge in [-0.1, -0.05) is 30.9 Å². The molecule has 0 saturated heterocycles. The summed E-state index contributed by atoms with van der Waals surface area (Å²) in [5.41, 5.74) is 6.38. The number of hydrogen-bond donors (Lipinski definition) is 2. The second-order valence-electron chi connectivity index (χ2n) is 6.44. The lowest BCUT2D eigenvalue weighted by Crippen LogP contribution is -2.30. The van der Waals surface area contributed by atoms with Crippen molar-refractivity contribution >= 4 is 50.2 Å². The minimum atomic E-state index is -0.496. The number of carbonyl (C=O) groups is 2. The van der Waals surface area contributed by atoms with E-state index in [1.807, 2.05) is 14.1 Å². The Morgan fingerprint density at radius 1 is 1.24 bits per heavy atom. The van der Waals surface area contributed by atoms with Crippen molar-refractivity contribution in [2.24, 2.45) is 11.7 Å². The molecule has 2 aromatic rings. The molecule has 1 fully saturated rings. The predicted octanol–water partition coefficient (Wildman–Crippen LogP) is 4.34. The van der Waals surface area contributed by atoms with Crippen molar-refractivity contribution < 1.29 is 9.59 Å². The number of aromatic nitrogens is 1. The molecule has 1 aromatic heterocycles. The summed E-state index contributed by atoms with van der Waals surface area (Å²) < 4.78 is 0.655. The number of carbonyl (C=O) groups excluding carboxylic acids is 2. The molecule has 25 heavy (non-hydrogen) atoms. The SMILES string of the molecule is CN(C)C(=O)C1CCCCC1.NC(=O)c1[nH]c2ccc(Cl)cc2c1Br. The van der Waals surface area contributed by atoms with E-state index >= 15 is 0 Å². The number of H-pyrrole nitrogens is 1. The summed E-state index contributed by atoms with van der Waals surface area (Å²) in [6.07, 6.45) is 6.01. The fourth-order valence-corrected chi connectivity index (χ4v) is 3.81. The molecule has 1 aliphatic rings. The van der Waals surface area contributed by atoms with Crippen molar-refractivity contribution in [3.63, 3.8) is 0 Å². The summed E-state index contributed by atoms with van der Waals surface area (Å²) in [5, 5.41) is 1.47. The Bertz CT molecular complexity index is 767. The van der Waals surface area contributed by atoms with E-state index in [0.29, 0.717) is 27.0 Å². The summed E-state index contributed by atoms with van der Waals surface area (Å²) in [4.78, 5) is 27.1. The largest absolute Gasteiger partial charge is 0.364 e. The quantitative estimate of drug-likeness (QED) is 0.746. The van der Waals surface area contributed by atoms with Gasteiger partial charge in [-0.05, 0) is 47.0 Å². The monoisotopic (exact) mass is 427 g/mol. The number of amides is 2. The van der Waals surface area contributed by atoms with Crippen LogP contribution in [0.15, 0.2) is 22.7 Å². The highest BCUT2D eigenvalue weighted by atomic mass is 79.9. The van der Waals surface area contributed by atoms with Gasteiger partial charge < -0.3 is 15.6 Å². The molecule has 0 bridgehead atoms. The Labute approximate surface area is 161 Å². The van der Waals surface area contributed by atoms with Gasteiger partial charge in [0.2, 0.25) is 5.91 Å². The van der Waals surface area contributed by atoms with Crippen LogP contribution in [0.25, 0.3) is 10.9 Å². The van der Waals surface area contributed by atoms with E-state index in [2.05, 4.69) is 20.9 Å². The van der Waals surface area contributed by atoms with E-state index in [-0.39, 0.29) is 0 Å². The Hall–Kier alpha value is -1.53. The lowest BCUT2D eigenvalue weighted by atomic mass is 9.88. The summed E-state index contributed by atoms with van der Waals surface area (Å²) in [6, 6.07) is 5.32. The van der Waals surface area contributed by atoms with Crippen LogP contribution in [-0.4, -0.2) is 35.8 Å². The Morgan fingerprint density at radius 2 is 1.88 bits per heavy atom. The molecule has 3 N–H and O–H groups in total. The van der Waals surface area contributed by atoms with Crippen molar-refractivity contribution in [3.05, 3.63) is 33.4 Å². The maximum Gasteiger partial charge on any atom is 0.266 e. The minimum Gasteiger partial charge on any atom is -0.364 e. The number of halogens is 2. The first-order valence-corrected chi connectivity index (χ1v) is 9.46.